The van der Waals surface area contributed by atoms with Crippen molar-refractivity contribution in [2.45, 2.75) is 13.8 Å². The number of aromatic nitrogens is 2. The first kappa shape index (κ1) is 9.65. The molecule has 0 bridgehead atoms. The molecule has 0 radical (unpaired) electrons. The zero-order valence-electron chi connectivity index (χ0n) is 8.73. The third-order valence-electron chi connectivity index (χ3n) is 2.29. The summed E-state index contributed by atoms with van der Waals surface area (Å²) in [5.41, 5.74) is 3.51. The maximum absolute atomic E-state index is 9.86. The van der Waals surface area contributed by atoms with Gasteiger partial charge >= 0.3 is 0 Å². The molecule has 2 rings (SSSR count). The number of hydrogen-bond donors (Lipinski definition) is 1. The van der Waals surface area contributed by atoms with E-state index in [1.54, 1.807) is 18.3 Å². The second-order valence-corrected chi connectivity index (χ2v) is 3.58. The van der Waals surface area contributed by atoms with Gasteiger partial charge in [0.15, 0.2) is 0 Å². The number of hydrogen-bond acceptors (Lipinski definition) is 3. The Hall–Kier alpha value is -1.90. The van der Waals surface area contributed by atoms with Gasteiger partial charge in [0.2, 0.25) is 0 Å². The highest BCUT2D eigenvalue weighted by Crippen LogP contribution is 2.31. The molecule has 0 unspecified atom stereocenters. The maximum Gasteiger partial charge on any atom is 0.125 e. The summed E-state index contributed by atoms with van der Waals surface area (Å²) >= 11 is 0. The topological polar surface area (TPSA) is 46.0 Å². The minimum Gasteiger partial charge on any atom is -0.507 e. The van der Waals surface area contributed by atoms with Crippen LogP contribution in [0.2, 0.25) is 0 Å². The van der Waals surface area contributed by atoms with Crippen LogP contribution in [-0.4, -0.2) is 15.3 Å². The normalized spacial score (nSPS) is 10.3. The van der Waals surface area contributed by atoms with Crippen LogP contribution in [0.5, 0.6) is 5.75 Å². The summed E-state index contributed by atoms with van der Waals surface area (Å²) in [6, 6.07) is 7.40. The van der Waals surface area contributed by atoms with Gasteiger partial charge in [0.1, 0.15) is 5.75 Å². The van der Waals surface area contributed by atoms with Gasteiger partial charge < -0.3 is 5.11 Å². The zero-order chi connectivity index (χ0) is 10.8. The molecule has 0 saturated heterocycles. The van der Waals surface area contributed by atoms with E-state index in [4.69, 9.17) is 0 Å². The van der Waals surface area contributed by atoms with E-state index in [0.29, 0.717) is 5.69 Å². The van der Waals surface area contributed by atoms with Crippen molar-refractivity contribution in [3.63, 3.8) is 0 Å². The van der Waals surface area contributed by atoms with Crippen LogP contribution in [0.15, 0.2) is 30.5 Å². The van der Waals surface area contributed by atoms with E-state index in [0.717, 1.165) is 16.7 Å². The Morgan fingerprint density at radius 1 is 1.20 bits per heavy atom. The number of phenols is 1. The number of aryl methyl sites for hydroxylation is 2. The molecule has 0 aliphatic rings. The number of nitrogens with zero attached hydrogens (tertiary/aromatic N) is 2. The first-order valence-corrected chi connectivity index (χ1v) is 4.77. The minimum absolute atomic E-state index is 0.257. The Labute approximate surface area is 88.4 Å². The molecule has 0 amide bonds. The van der Waals surface area contributed by atoms with Crippen molar-refractivity contribution < 1.29 is 5.11 Å². The van der Waals surface area contributed by atoms with Gasteiger partial charge in [-0.1, -0.05) is 6.07 Å². The van der Waals surface area contributed by atoms with Crippen LogP contribution < -0.4 is 0 Å². The second kappa shape index (κ2) is 3.69. The number of rotatable bonds is 1. The summed E-state index contributed by atoms with van der Waals surface area (Å²) in [6.45, 7) is 3.91. The molecule has 15 heavy (non-hydrogen) atoms. The van der Waals surface area contributed by atoms with Crippen molar-refractivity contribution in [3.05, 3.63) is 41.6 Å². The molecule has 2 aromatic rings. The average molecular weight is 200 g/mol. The highest BCUT2D eigenvalue weighted by Gasteiger charge is 2.09. The number of aromatic hydroxyl groups is 1. The Balaban J connectivity index is 2.64. The van der Waals surface area contributed by atoms with E-state index in [-0.39, 0.29) is 5.75 Å². The molecule has 3 heteroatoms. The first-order valence-electron chi connectivity index (χ1n) is 4.77. The summed E-state index contributed by atoms with van der Waals surface area (Å²) in [7, 11) is 0. The van der Waals surface area contributed by atoms with E-state index in [9.17, 15) is 5.11 Å². The molecular formula is C12H12N2O. The van der Waals surface area contributed by atoms with E-state index in [1.807, 2.05) is 26.0 Å². The van der Waals surface area contributed by atoms with Gasteiger partial charge in [0, 0.05) is 11.8 Å². The van der Waals surface area contributed by atoms with Gasteiger partial charge in [-0.15, -0.1) is 0 Å². The molecule has 0 fully saturated rings. The lowest BCUT2D eigenvalue weighted by atomic mass is 10.0. The highest BCUT2D eigenvalue weighted by atomic mass is 16.3. The van der Waals surface area contributed by atoms with Crippen LogP contribution >= 0.6 is 0 Å². The lowest BCUT2D eigenvalue weighted by Gasteiger charge is -2.08. The Morgan fingerprint density at radius 2 is 2.00 bits per heavy atom. The molecule has 1 heterocycles. The predicted octanol–water partition coefficient (Wildman–Crippen LogP) is 2.47. The maximum atomic E-state index is 9.86. The fourth-order valence-electron chi connectivity index (χ4n) is 1.71. The van der Waals surface area contributed by atoms with Crippen LogP contribution in [0, 0.1) is 13.8 Å². The summed E-state index contributed by atoms with van der Waals surface area (Å²) in [6.07, 6.45) is 1.62. The fourth-order valence-corrected chi connectivity index (χ4v) is 1.71. The summed E-state index contributed by atoms with van der Waals surface area (Å²) in [5, 5.41) is 17.7. The van der Waals surface area contributed by atoms with E-state index >= 15 is 0 Å². The van der Waals surface area contributed by atoms with Crippen molar-refractivity contribution in [1.82, 2.24) is 10.2 Å². The minimum atomic E-state index is 0.257. The average Bonchev–Trinajstić information content (AvgIpc) is 2.17. The molecule has 0 aliphatic carbocycles. The van der Waals surface area contributed by atoms with Crippen LogP contribution in [0.4, 0.5) is 0 Å². The van der Waals surface area contributed by atoms with E-state index in [1.165, 1.54) is 0 Å². The number of phenolic OH excluding ortho intramolecular Hbond substituents is 1. The SMILES string of the molecule is Cc1cc(C)c(-c2cccnn2)c(O)c1. The summed E-state index contributed by atoms with van der Waals surface area (Å²) in [5.74, 6) is 0.257. The van der Waals surface area contributed by atoms with Crippen LogP contribution in [-0.2, 0) is 0 Å². The van der Waals surface area contributed by atoms with Gasteiger partial charge in [0.25, 0.3) is 0 Å². The second-order valence-electron chi connectivity index (χ2n) is 3.58. The van der Waals surface area contributed by atoms with Gasteiger partial charge in [-0.25, -0.2) is 0 Å². The molecule has 3 nitrogen and oxygen atoms in total. The van der Waals surface area contributed by atoms with Gasteiger partial charge in [0.05, 0.1) is 5.69 Å². The highest BCUT2D eigenvalue weighted by molar-refractivity contribution is 5.70. The van der Waals surface area contributed by atoms with Crippen molar-refractivity contribution in [3.8, 4) is 17.0 Å². The summed E-state index contributed by atoms with van der Waals surface area (Å²) < 4.78 is 0. The molecule has 1 N–H and O–H groups in total. The summed E-state index contributed by atoms with van der Waals surface area (Å²) in [4.78, 5) is 0. The van der Waals surface area contributed by atoms with E-state index in [2.05, 4.69) is 10.2 Å². The third-order valence-corrected chi connectivity index (χ3v) is 2.29. The first-order chi connectivity index (χ1) is 7.18. The van der Waals surface area contributed by atoms with Gasteiger partial charge in [-0.05, 0) is 43.2 Å². The Kier molecular flexibility index (Phi) is 2.37. The largest absolute Gasteiger partial charge is 0.507 e. The van der Waals surface area contributed by atoms with Crippen LogP contribution in [0.3, 0.4) is 0 Å². The molecule has 1 aromatic heterocycles. The third kappa shape index (κ3) is 1.81. The van der Waals surface area contributed by atoms with Gasteiger partial charge in [-0.2, -0.15) is 10.2 Å². The predicted molar refractivity (Wildman–Crippen MR) is 58.6 cm³/mol. The number of benzene rings is 1. The molecule has 1 aromatic carbocycles. The van der Waals surface area contributed by atoms with Crippen molar-refractivity contribution >= 4 is 0 Å². The van der Waals surface area contributed by atoms with Crippen molar-refractivity contribution in [2.24, 2.45) is 0 Å². The lowest BCUT2D eigenvalue weighted by molar-refractivity contribution is 0.476. The Morgan fingerprint density at radius 3 is 2.60 bits per heavy atom. The van der Waals surface area contributed by atoms with Crippen molar-refractivity contribution in [1.29, 1.82) is 0 Å². The van der Waals surface area contributed by atoms with Crippen LogP contribution in [0.25, 0.3) is 11.3 Å². The monoisotopic (exact) mass is 200 g/mol. The van der Waals surface area contributed by atoms with Gasteiger partial charge in [-0.3, -0.25) is 0 Å². The zero-order valence-corrected chi connectivity index (χ0v) is 8.73. The lowest BCUT2D eigenvalue weighted by Crippen LogP contribution is -1.90. The molecule has 0 saturated carbocycles. The Bertz CT molecular complexity index is 457. The molecule has 0 aliphatic heterocycles. The molecular weight excluding hydrogens is 188 g/mol. The molecule has 76 valence electrons. The molecule has 0 spiro atoms. The fraction of sp³-hybridized carbons (Fsp3) is 0.167. The standard InChI is InChI=1S/C12H12N2O/c1-8-6-9(2)12(11(15)7-8)10-4-3-5-13-14-10/h3-7,15H,1-2H3. The van der Waals surface area contributed by atoms with Crippen molar-refractivity contribution in [2.75, 3.05) is 0 Å². The molecule has 0 atom stereocenters. The smallest absolute Gasteiger partial charge is 0.125 e. The quantitative estimate of drug-likeness (QED) is 0.769. The van der Waals surface area contributed by atoms with Crippen LogP contribution in [0.1, 0.15) is 11.1 Å². The van der Waals surface area contributed by atoms with E-state index < -0.39 is 0 Å².